The fraction of sp³-hybridized carbons (Fsp3) is 0.182. The number of rotatable bonds is 3. The highest BCUT2D eigenvalue weighted by Gasteiger charge is 2.20. The van der Waals surface area contributed by atoms with Crippen molar-refractivity contribution in [3.05, 3.63) is 72.6 Å². The number of hydrazine groups is 1. The van der Waals surface area contributed by atoms with Gasteiger partial charge >= 0.3 is 0 Å². The first-order valence-corrected chi connectivity index (χ1v) is 9.28. The molecular weight excluding hydrogens is 352 g/mol. The van der Waals surface area contributed by atoms with Gasteiger partial charge in [-0.25, -0.2) is 4.98 Å². The molecule has 0 radical (unpaired) electrons. The summed E-state index contributed by atoms with van der Waals surface area (Å²) in [6, 6.07) is 12.9. The van der Waals surface area contributed by atoms with Crippen LogP contribution in [0.4, 0.5) is 0 Å². The number of amides is 2. The number of hydrogen-bond acceptors (Lipinski definition) is 4. The zero-order valence-electron chi connectivity index (χ0n) is 15.3. The van der Waals surface area contributed by atoms with E-state index in [1.54, 1.807) is 18.5 Å². The van der Waals surface area contributed by atoms with E-state index < -0.39 is 0 Å². The van der Waals surface area contributed by atoms with Gasteiger partial charge in [0.25, 0.3) is 5.91 Å². The lowest BCUT2D eigenvalue weighted by molar-refractivity contribution is -0.126. The molecule has 0 unspecified atom stereocenters. The SMILES string of the molecule is O=C(NNC(=O)[C@@H]1CC=CCC1)c1cc(-c2ccncc2)nc2ccccc12. The van der Waals surface area contributed by atoms with E-state index in [1.165, 1.54) is 0 Å². The highest BCUT2D eigenvalue weighted by atomic mass is 16.2. The van der Waals surface area contributed by atoms with E-state index in [0.29, 0.717) is 23.2 Å². The topological polar surface area (TPSA) is 84.0 Å². The molecular formula is C22H20N4O2. The van der Waals surface area contributed by atoms with Crippen molar-refractivity contribution >= 4 is 22.7 Å². The largest absolute Gasteiger partial charge is 0.273 e. The number of para-hydroxylation sites is 1. The quantitative estimate of drug-likeness (QED) is 0.545. The minimum Gasteiger partial charge on any atom is -0.273 e. The molecule has 0 aliphatic heterocycles. The molecule has 2 heterocycles. The summed E-state index contributed by atoms with van der Waals surface area (Å²) >= 11 is 0. The fourth-order valence-electron chi connectivity index (χ4n) is 3.35. The van der Waals surface area contributed by atoms with Crippen LogP contribution in [-0.4, -0.2) is 21.8 Å². The van der Waals surface area contributed by atoms with Gasteiger partial charge < -0.3 is 0 Å². The van der Waals surface area contributed by atoms with E-state index in [0.717, 1.165) is 23.8 Å². The van der Waals surface area contributed by atoms with Gasteiger partial charge in [0.15, 0.2) is 0 Å². The molecule has 0 spiro atoms. The molecule has 4 rings (SSSR count). The van der Waals surface area contributed by atoms with Crippen LogP contribution in [0, 0.1) is 5.92 Å². The third kappa shape index (κ3) is 3.76. The van der Waals surface area contributed by atoms with Crippen LogP contribution in [0.1, 0.15) is 29.6 Å². The smallest absolute Gasteiger partial charge is 0.270 e. The molecule has 0 fully saturated rings. The number of pyridine rings is 2. The maximum absolute atomic E-state index is 12.8. The Hall–Kier alpha value is -3.54. The van der Waals surface area contributed by atoms with E-state index in [1.807, 2.05) is 42.5 Å². The van der Waals surface area contributed by atoms with E-state index in [4.69, 9.17) is 0 Å². The highest BCUT2D eigenvalue weighted by Crippen LogP contribution is 2.24. The Kier molecular flexibility index (Phi) is 5.10. The minimum absolute atomic E-state index is 0.105. The van der Waals surface area contributed by atoms with Crippen molar-refractivity contribution in [2.75, 3.05) is 0 Å². The zero-order valence-corrected chi connectivity index (χ0v) is 15.3. The number of allylic oxidation sites excluding steroid dienone is 2. The maximum Gasteiger partial charge on any atom is 0.270 e. The number of fused-ring (bicyclic) bond motifs is 1. The van der Waals surface area contributed by atoms with Gasteiger partial charge in [-0.2, -0.15) is 0 Å². The van der Waals surface area contributed by atoms with Gasteiger partial charge in [-0.05, 0) is 43.5 Å². The van der Waals surface area contributed by atoms with Crippen molar-refractivity contribution in [3.63, 3.8) is 0 Å². The third-order valence-corrected chi connectivity index (χ3v) is 4.88. The fourth-order valence-corrected chi connectivity index (χ4v) is 3.35. The van der Waals surface area contributed by atoms with Gasteiger partial charge in [0, 0.05) is 29.3 Å². The first-order chi connectivity index (χ1) is 13.7. The van der Waals surface area contributed by atoms with E-state index in [2.05, 4.69) is 26.9 Å². The Morgan fingerprint density at radius 1 is 1.00 bits per heavy atom. The monoisotopic (exact) mass is 372 g/mol. The molecule has 6 nitrogen and oxygen atoms in total. The number of nitrogens with zero attached hydrogens (tertiary/aromatic N) is 2. The highest BCUT2D eigenvalue weighted by molar-refractivity contribution is 6.07. The summed E-state index contributed by atoms with van der Waals surface area (Å²) in [4.78, 5) is 33.8. The second-order valence-corrected chi connectivity index (χ2v) is 6.73. The van der Waals surface area contributed by atoms with Gasteiger partial charge in [0.05, 0.1) is 16.8 Å². The first-order valence-electron chi connectivity index (χ1n) is 9.28. The van der Waals surface area contributed by atoms with Crippen LogP contribution in [0.3, 0.4) is 0 Å². The lowest BCUT2D eigenvalue weighted by Gasteiger charge is -2.18. The summed E-state index contributed by atoms with van der Waals surface area (Å²) in [6.45, 7) is 0. The van der Waals surface area contributed by atoms with Crippen molar-refractivity contribution in [3.8, 4) is 11.3 Å². The standard InChI is InChI=1S/C22H20N4O2/c27-21(16-6-2-1-3-7-16)25-26-22(28)18-14-20(15-10-12-23-13-11-15)24-19-9-5-4-8-17(18)19/h1-2,4-5,8-14,16H,3,6-7H2,(H,25,27)(H,26,28)/t16-/m1/s1. The number of aromatic nitrogens is 2. The summed E-state index contributed by atoms with van der Waals surface area (Å²) in [7, 11) is 0. The van der Waals surface area contributed by atoms with Gasteiger partial charge in [-0.15, -0.1) is 0 Å². The van der Waals surface area contributed by atoms with Gasteiger partial charge in [-0.1, -0.05) is 30.4 Å². The van der Waals surface area contributed by atoms with Gasteiger partial charge in [0.1, 0.15) is 0 Å². The molecule has 1 atom stereocenters. The van der Waals surface area contributed by atoms with Crippen molar-refractivity contribution in [1.82, 2.24) is 20.8 Å². The van der Waals surface area contributed by atoms with Crippen LogP contribution in [0.25, 0.3) is 22.2 Å². The van der Waals surface area contributed by atoms with Crippen LogP contribution in [0.2, 0.25) is 0 Å². The molecule has 2 aromatic heterocycles. The molecule has 140 valence electrons. The molecule has 28 heavy (non-hydrogen) atoms. The normalized spacial score (nSPS) is 15.9. The molecule has 1 aromatic carbocycles. The molecule has 0 saturated heterocycles. The Morgan fingerprint density at radius 3 is 2.61 bits per heavy atom. The summed E-state index contributed by atoms with van der Waals surface area (Å²) in [5.41, 5.74) is 7.85. The lowest BCUT2D eigenvalue weighted by atomic mass is 9.94. The predicted molar refractivity (Wildman–Crippen MR) is 107 cm³/mol. The molecule has 2 amide bonds. The summed E-state index contributed by atoms with van der Waals surface area (Å²) in [5, 5.41) is 0.729. The Labute approximate surface area is 162 Å². The average molecular weight is 372 g/mol. The number of carbonyl (C=O) groups is 2. The molecule has 0 saturated carbocycles. The number of carbonyl (C=O) groups excluding carboxylic acids is 2. The average Bonchev–Trinajstić information content (AvgIpc) is 2.77. The molecule has 1 aliphatic rings. The van der Waals surface area contributed by atoms with Crippen LogP contribution in [0.5, 0.6) is 0 Å². The minimum atomic E-state index is -0.367. The second-order valence-electron chi connectivity index (χ2n) is 6.73. The maximum atomic E-state index is 12.8. The summed E-state index contributed by atoms with van der Waals surface area (Å²) in [6.07, 6.45) is 9.83. The first kappa shape index (κ1) is 17.9. The zero-order chi connectivity index (χ0) is 19.3. The molecule has 2 N–H and O–H groups in total. The lowest BCUT2D eigenvalue weighted by Crippen LogP contribution is -2.44. The molecule has 3 aromatic rings. The Bertz CT molecular complexity index is 1050. The van der Waals surface area contributed by atoms with E-state index >= 15 is 0 Å². The third-order valence-electron chi connectivity index (χ3n) is 4.88. The van der Waals surface area contributed by atoms with E-state index in [-0.39, 0.29) is 17.7 Å². The summed E-state index contributed by atoms with van der Waals surface area (Å²) in [5.74, 6) is -0.633. The van der Waals surface area contributed by atoms with Crippen molar-refractivity contribution in [1.29, 1.82) is 0 Å². The van der Waals surface area contributed by atoms with E-state index in [9.17, 15) is 9.59 Å². The Morgan fingerprint density at radius 2 is 1.82 bits per heavy atom. The molecule has 6 heteroatoms. The second kappa shape index (κ2) is 8.00. The van der Waals surface area contributed by atoms with Crippen LogP contribution >= 0.6 is 0 Å². The number of nitrogens with one attached hydrogen (secondary N) is 2. The van der Waals surface area contributed by atoms with Crippen LogP contribution < -0.4 is 10.9 Å². The van der Waals surface area contributed by atoms with Crippen LogP contribution in [-0.2, 0) is 4.79 Å². The molecule has 1 aliphatic carbocycles. The predicted octanol–water partition coefficient (Wildman–Crippen LogP) is 3.41. The van der Waals surface area contributed by atoms with Gasteiger partial charge in [0.2, 0.25) is 5.91 Å². The van der Waals surface area contributed by atoms with Crippen molar-refractivity contribution in [2.24, 2.45) is 5.92 Å². The Balaban J connectivity index is 1.60. The van der Waals surface area contributed by atoms with Gasteiger partial charge in [-0.3, -0.25) is 25.4 Å². The van der Waals surface area contributed by atoms with Crippen molar-refractivity contribution in [2.45, 2.75) is 19.3 Å². The summed E-state index contributed by atoms with van der Waals surface area (Å²) < 4.78 is 0. The number of benzene rings is 1. The van der Waals surface area contributed by atoms with Crippen LogP contribution in [0.15, 0.2) is 67.0 Å². The number of hydrogen-bond donors (Lipinski definition) is 2. The van der Waals surface area contributed by atoms with Crippen molar-refractivity contribution < 1.29 is 9.59 Å². The molecule has 0 bridgehead atoms.